The fourth-order valence-electron chi connectivity index (χ4n) is 4.31. The highest BCUT2D eigenvalue weighted by Gasteiger charge is 2.48. The number of aliphatic imine (C=N–C) groups is 1. The molecule has 3 heterocycles. The smallest absolute Gasteiger partial charge is 0.306 e. The Kier molecular flexibility index (Phi) is 4.76. The van der Waals surface area contributed by atoms with Crippen LogP contribution in [-0.4, -0.2) is 43.5 Å². The van der Waals surface area contributed by atoms with Crippen molar-refractivity contribution in [3.05, 3.63) is 94.7 Å². The van der Waals surface area contributed by atoms with Crippen LogP contribution in [-0.2, 0) is 6.42 Å². The minimum Gasteiger partial charge on any atom is -0.306 e. The molecular formula is C24H18BrN7O. The predicted molar refractivity (Wildman–Crippen MR) is 128 cm³/mol. The van der Waals surface area contributed by atoms with Crippen molar-refractivity contribution in [2.24, 2.45) is 4.99 Å². The van der Waals surface area contributed by atoms with Crippen LogP contribution in [0, 0.1) is 0 Å². The number of hydrogen-bond acceptors (Lipinski definition) is 5. The van der Waals surface area contributed by atoms with Gasteiger partial charge in [-0.2, -0.15) is 4.68 Å². The SMILES string of the molecule is O=C1N(c2ccc(Br)cc2)C2=Nc3ccccc3-n3nnnc3C2N1CCc1ccccc1. The van der Waals surface area contributed by atoms with Gasteiger partial charge in [-0.3, -0.25) is 0 Å². The van der Waals surface area contributed by atoms with Gasteiger partial charge in [0.15, 0.2) is 11.9 Å². The molecule has 2 aliphatic heterocycles. The summed E-state index contributed by atoms with van der Waals surface area (Å²) >= 11 is 3.48. The minimum absolute atomic E-state index is 0.147. The average Bonchev–Trinajstić information content (AvgIpc) is 3.38. The molecule has 6 rings (SSSR count). The highest BCUT2D eigenvalue weighted by Crippen LogP contribution is 2.40. The van der Waals surface area contributed by atoms with E-state index in [1.807, 2.05) is 71.6 Å². The number of anilines is 1. The largest absolute Gasteiger partial charge is 0.331 e. The summed E-state index contributed by atoms with van der Waals surface area (Å²) in [6.07, 6.45) is 0.707. The summed E-state index contributed by atoms with van der Waals surface area (Å²) in [5, 5.41) is 12.5. The summed E-state index contributed by atoms with van der Waals surface area (Å²) in [5.74, 6) is 1.16. The van der Waals surface area contributed by atoms with Gasteiger partial charge >= 0.3 is 6.03 Å². The predicted octanol–water partition coefficient (Wildman–Crippen LogP) is 4.69. The fourth-order valence-corrected chi connectivity index (χ4v) is 4.58. The van der Waals surface area contributed by atoms with E-state index in [9.17, 15) is 4.79 Å². The minimum atomic E-state index is -0.507. The third-order valence-corrected chi connectivity index (χ3v) is 6.40. The number of aromatic nitrogens is 4. The van der Waals surface area contributed by atoms with Crippen molar-refractivity contribution in [2.45, 2.75) is 12.5 Å². The van der Waals surface area contributed by atoms with Crippen molar-refractivity contribution < 1.29 is 4.79 Å². The molecule has 0 bridgehead atoms. The molecule has 3 aromatic carbocycles. The standard InChI is InChI=1S/C24H18BrN7O/c25-17-10-12-18(13-11-17)31-22-21(30(24(31)33)15-14-16-6-2-1-3-7-16)23-27-28-29-32(23)20-9-5-4-8-19(20)26-22/h1-13,21H,14-15H2. The molecule has 0 radical (unpaired) electrons. The van der Waals surface area contributed by atoms with E-state index in [1.165, 1.54) is 0 Å². The van der Waals surface area contributed by atoms with Gasteiger partial charge in [-0.25, -0.2) is 14.7 Å². The number of benzene rings is 3. The van der Waals surface area contributed by atoms with Crippen molar-refractivity contribution in [3.63, 3.8) is 0 Å². The number of fused-ring (bicyclic) bond motifs is 5. The number of amides is 2. The molecule has 1 unspecified atom stereocenters. The lowest BCUT2D eigenvalue weighted by Gasteiger charge is -2.21. The van der Waals surface area contributed by atoms with Crippen molar-refractivity contribution >= 4 is 39.2 Å². The van der Waals surface area contributed by atoms with E-state index < -0.39 is 6.04 Å². The lowest BCUT2D eigenvalue weighted by atomic mass is 10.1. The Morgan fingerprint density at radius 3 is 2.48 bits per heavy atom. The second-order valence-corrected chi connectivity index (χ2v) is 8.75. The summed E-state index contributed by atoms with van der Waals surface area (Å²) < 4.78 is 2.62. The third kappa shape index (κ3) is 3.32. The monoisotopic (exact) mass is 499 g/mol. The van der Waals surface area contributed by atoms with Gasteiger partial charge in [-0.15, -0.1) is 5.10 Å². The highest BCUT2D eigenvalue weighted by molar-refractivity contribution is 9.10. The molecule has 8 nitrogen and oxygen atoms in total. The molecule has 9 heteroatoms. The molecule has 162 valence electrons. The summed E-state index contributed by atoms with van der Waals surface area (Å²) in [7, 11) is 0. The zero-order valence-corrected chi connectivity index (χ0v) is 19.0. The van der Waals surface area contributed by atoms with E-state index in [1.54, 1.807) is 9.58 Å². The van der Waals surface area contributed by atoms with Gasteiger partial charge in [-0.1, -0.05) is 58.4 Å². The van der Waals surface area contributed by atoms with Crippen LogP contribution in [0.4, 0.5) is 16.2 Å². The van der Waals surface area contributed by atoms with E-state index in [2.05, 4.69) is 43.6 Å². The first-order valence-corrected chi connectivity index (χ1v) is 11.4. The Morgan fingerprint density at radius 1 is 0.909 bits per heavy atom. The van der Waals surface area contributed by atoms with E-state index in [0.717, 1.165) is 21.4 Å². The molecule has 1 atom stereocenters. The van der Waals surface area contributed by atoms with Crippen molar-refractivity contribution in [3.8, 4) is 5.69 Å². The number of hydrogen-bond donors (Lipinski definition) is 0. The van der Waals surface area contributed by atoms with Crippen molar-refractivity contribution in [1.29, 1.82) is 0 Å². The lowest BCUT2D eigenvalue weighted by Crippen LogP contribution is -2.34. The Balaban J connectivity index is 1.50. The van der Waals surface area contributed by atoms with Gasteiger partial charge < -0.3 is 4.90 Å². The van der Waals surface area contributed by atoms with E-state index in [-0.39, 0.29) is 6.03 Å². The molecule has 1 aromatic heterocycles. The molecule has 0 N–H and O–H groups in total. The van der Waals surface area contributed by atoms with Crippen LogP contribution in [0.15, 0.2) is 88.3 Å². The second-order valence-electron chi connectivity index (χ2n) is 7.83. The zero-order valence-electron chi connectivity index (χ0n) is 17.4. The van der Waals surface area contributed by atoms with Crippen molar-refractivity contribution in [1.82, 2.24) is 25.1 Å². The second kappa shape index (κ2) is 7.93. The number of carbonyl (C=O) groups is 1. The maximum absolute atomic E-state index is 13.8. The van der Waals surface area contributed by atoms with Gasteiger partial charge in [0.25, 0.3) is 0 Å². The van der Waals surface area contributed by atoms with Crippen LogP contribution in [0.5, 0.6) is 0 Å². The van der Waals surface area contributed by atoms with Gasteiger partial charge in [0, 0.05) is 11.0 Å². The van der Waals surface area contributed by atoms with Crippen LogP contribution >= 0.6 is 15.9 Å². The van der Waals surface area contributed by atoms with E-state index >= 15 is 0 Å². The first-order valence-electron chi connectivity index (χ1n) is 10.6. The number of tetrazole rings is 1. The zero-order chi connectivity index (χ0) is 22.4. The molecule has 0 saturated carbocycles. The average molecular weight is 500 g/mol. The number of halogens is 1. The Labute approximate surface area is 198 Å². The molecule has 0 spiro atoms. The third-order valence-electron chi connectivity index (χ3n) is 5.87. The molecule has 4 aromatic rings. The van der Waals surface area contributed by atoms with Crippen LogP contribution in [0.1, 0.15) is 17.4 Å². The van der Waals surface area contributed by atoms with Crippen molar-refractivity contribution in [2.75, 3.05) is 11.4 Å². The Bertz CT molecular complexity index is 1370. The number of nitrogens with zero attached hydrogens (tertiary/aromatic N) is 7. The molecule has 0 aliphatic carbocycles. The fraction of sp³-hybridized carbons (Fsp3) is 0.125. The summed E-state index contributed by atoms with van der Waals surface area (Å²) in [6.45, 7) is 0.503. The maximum Gasteiger partial charge on any atom is 0.331 e. The van der Waals surface area contributed by atoms with Gasteiger partial charge in [0.2, 0.25) is 0 Å². The van der Waals surface area contributed by atoms with Gasteiger partial charge in [0.1, 0.15) is 5.84 Å². The number of urea groups is 1. The first-order chi connectivity index (χ1) is 16.2. The Hall–Kier alpha value is -3.85. The summed E-state index contributed by atoms with van der Waals surface area (Å²) in [6, 6.07) is 24.8. The lowest BCUT2D eigenvalue weighted by molar-refractivity contribution is 0.207. The first kappa shape index (κ1) is 19.8. The number of rotatable bonds is 4. The van der Waals surface area contributed by atoms with Crippen LogP contribution in [0.25, 0.3) is 5.69 Å². The van der Waals surface area contributed by atoms with Crippen LogP contribution in [0.3, 0.4) is 0 Å². The van der Waals surface area contributed by atoms with E-state index in [0.29, 0.717) is 30.3 Å². The number of para-hydroxylation sites is 2. The van der Waals surface area contributed by atoms with Crippen LogP contribution in [0.2, 0.25) is 0 Å². The summed E-state index contributed by atoms with van der Waals surface area (Å²) in [4.78, 5) is 22.3. The summed E-state index contributed by atoms with van der Waals surface area (Å²) in [5.41, 5.74) is 3.39. The van der Waals surface area contributed by atoms with Gasteiger partial charge in [-0.05, 0) is 58.8 Å². The molecule has 1 saturated heterocycles. The van der Waals surface area contributed by atoms with E-state index in [4.69, 9.17) is 4.99 Å². The Morgan fingerprint density at radius 2 is 1.67 bits per heavy atom. The maximum atomic E-state index is 13.8. The topological polar surface area (TPSA) is 79.5 Å². The molecular weight excluding hydrogens is 482 g/mol. The highest BCUT2D eigenvalue weighted by atomic mass is 79.9. The molecule has 2 aliphatic rings. The van der Waals surface area contributed by atoms with Gasteiger partial charge in [0.05, 0.1) is 17.1 Å². The number of amidine groups is 1. The quantitative estimate of drug-likeness (QED) is 0.407. The van der Waals surface area contributed by atoms with Crippen LogP contribution < -0.4 is 4.90 Å². The molecule has 33 heavy (non-hydrogen) atoms. The number of carbonyl (C=O) groups excluding carboxylic acids is 1. The molecule has 1 fully saturated rings. The normalized spacial score (nSPS) is 16.7. The molecule has 2 amide bonds.